The number of nitrogens with one attached hydrogen (secondary N) is 2. The largest absolute Gasteiger partial charge is 0.454 e. The van der Waals surface area contributed by atoms with Crippen LogP contribution in [0.3, 0.4) is 0 Å². The minimum Gasteiger partial charge on any atom is -0.454 e. The Morgan fingerprint density at radius 2 is 2.06 bits per heavy atom. The van der Waals surface area contributed by atoms with Crippen LogP contribution in [0.1, 0.15) is 30.6 Å². The van der Waals surface area contributed by atoms with Crippen LogP contribution in [0.15, 0.2) is 36.4 Å². The van der Waals surface area contributed by atoms with E-state index in [2.05, 4.69) is 45.5 Å². The Kier molecular flexibility index (Phi) is 4.49. The van der Waals surface area contributed by atoms with Gasteiger partial charge in [-0.1, -0.05) is 18.2 Å². The van der Waals surface area contributed by atoms with Gasteiger partial charge in [0, 0.05) is 41.6 Å². The van der Waals surface area contributed by atoms with E-state index in [1.165, 1.54) is 27.7 Å². The second-order valence-corrected chi connectivity index (χ2v) is 9.11. The van der Waals surface area contributed by atoms with Gasteiger partial charge in [0.15, 0.2) is 11.5 Å². The molecular weight excluding hydrogens is 390 g/mol. The lowest BCUT2D eigenvalue weighted by atomic mass is 9.80. The molecule has 6 heteroatoms. The topological polar surface area (TPSA) is 69.8 Å². The number of fused-ring (bicyclic) bond motifs is 6. The Morgan fingerprint density at radius 3 is 2.90 bits per heavy atom. The summed E-state index contributed by atoms with van der Waals surface area (Å²) in [4.78, 5) is 6.34. The molecule has 4 heterocycles. The predicted molar refractivity (Wildman–Crippen MR) is 121 cm³/mol. The number of H-pyrrole nitrogens is 1. The van der Waals surface area contributed by atoms with Crippen LogP contribution in [-0.4, -0.2) is 54.1 Å². The van der Waals surface area contributed by atoms with E-state index in [0.29, 0.717) is 18.9 Å². The molecule has 0 saturated carbocycles. The minimum absolute atomic E-state index is 0.261. The van der Waals surface area contributed by atoms with Gasteiger partial charge in [0.25, 0.3) is 0 Å². The van der Waals surface area contributed by atoms with Gasteiger partial charge in [0.2, 0.25) is 6.79 Å². The first kappa shape index (κ1) is 19.2. The second kappa shape index (κ2) is 7.26. The molecule has 3 aliphatic rings. The SMILES string of the molecule is CN[C@H]1C[C@H]2c3[nH]c4cccc(-c5ccc6c(c5)OCO6)c4c3CCN2C[C@H]1[C@H](C)O. The fourth-order valence-electron chi connectivity index (χ4n) is 5.90. The fourth-order valence-corrected chi connectivity index (χ4v) is 5.90. The number of piperidine rings is 1. The molecule has 2 aromatic carbocycles. The number of aliphatic hydroxyl groups is 1. The van der Waals surface area contributed by atoms with E-state index in [1.54, 1.807) is 0 Å². The van der Waals surface area contributed by atoms with Crippen LogP contribution in [0.4, 0.5) is 0 Å². The summed E-state index contributed by atoms with van der Waals surface area (Å²) >= 11 is 0. The van der Waals surface area contributed by atoms with Crippen molar-refractivity contribution < 1.29 is 14.6 Å². The number of nitrogens with zero attached hydrogens (tertiary/aromatic N) is 1. The van der Waals surface area contributed by atoms with Crippen LogP contribution in [-0.2, 0) is 6.42 Å². The first-order chi connectivity index (χ1) is 15.1. The Bertz CT molecular complexity index is 1140. The molecule has 3 N–H and O–H groups in total. The van der Waals surface area contributed by atoms with E-state index in [1.807, 2.05) is 20.0 Å². The van der Waals surface area contributed by atoms with Crippen molar-refractivity contribution in [1.82, 2.24) is 15.2 Å². The molecule has 0 amide bonds. The molecule has 4 atom stereocenters. The van der Waals surface area contributed by atoms with E-state index in [-0.39, 0.29) is 12.0 Å². The Labute approximate surface area is 182 Å². The Hall–Kier alpha value is -2.54. The highest BCUT2D eigenvalue weighted by Gasteiger charge is 2.41. The van der Waals surface area contributed by atoms with E-state index >= 15 is 0 Å². The summed E-state index contributed by atoms with van der Waals surface area (Å²) in [7, 11) is 2.02. The Morgan fingerprint density at radius 1 is 1.19 bits per heavy atom. The van der Waals surface area contributed by atoms with Gasteiger partial charge in [-0.25, -0.2) is 0 Å². The van der Waals surface area contributed by atoms with Gasteiger partial charge in [-0.05, 0) is 61.7 Å². The third-order valence-corrected chi connectivity index (χ3v) is 7.50. The third-order valence-electron chi connectivity index (χ3n) is 7.50. The number of aromatic nitrogens is 1. The monoisotopic (exact) mass is 419 g/mol. The molecule has 0 unspecified atom stereocenters. The molecule has 1 saturated heterocycles. The molecule has 0 bridgehead atoms. The summed E-state index contributed by atoms with van der Waals surface area (Å²) < 4.78 is 11.1. The molecule has 162 valence electrons. The highest BCUT2D eigenvalue weighted by molar-refractivity contribution is 5.99. The van der Waals surface area contributed by atoms with Crippen molar-refractivity contribution in [2.45, 2.75) is 38.0 Å². The van der Waals surface area contributed by atoms with Crippen LogP contribution in [0.5, 0.6) is 11.5 Å². The molecule has 6 nitrogen and oxygen atoms in total. The third kappa shape index (κ3) is 2.97. The average molecular weight is 420 g/mol. The summed E-state index contributed by atoms with van der Waals surface area (Å²) in [6.45, 7) is 4.17. The summed E-state index contributed by atoms with van der Waals surface area (Å²) in [6, 6.07) is 13.4. The Balaban J connectivity index is 1.44. The number of hydrogen-bond acceptors (Lipinski definition) is 5. The van der Waals surface area contributed by atoms with E-state index < -0.39 is 0 Å². The number of hydrogen-bond donors (Lipinski definition) is 3. The quantitative estimate of drug-likeness (QED) is 0.607. The van der Waals surface area contributed by atoms with Gasteiger partial charge in [-0.3, -0.25) is 4.90 Å². The number of benzene rings is 2. The first-order valence-corrected chi connectivity index (χ1v) is 11.3. The molecule has 1 aromatic heterocycles. The zero-order valence-corrected chi connectivity index (χ0v) is 18.0. The molecule has 31 heavy (non-hydrogen) atoms. The van der Waals surface area contributed by atoms with E-state index in [9.17, 15) is 5.11 Å². The highest BCUT2D eigenvalue weighted by Crippen LogP contribution is 2.45. The molecule has 0 spiro atoms. The lowest BCUT2D eigenvalue weighted by molar-refractivity contribution is 0.00759. The standard InChI is InChI=1S/C25H29N3O3/c1-14(29)18-12-28-9-8-17-24-16(15-6-7-22-23(10-15)31-13-30-22)4-3-5-19(24)27-25(17)21(28)11-20(18)26-2/h3-7,10,14,18,20-21,26-27,29H,8-9,11-13H2,1-2H3/t14-,18-,20-,21-/m0/s1. The lowest BCUT2D eigenvalue weighted by Gasteiger charge is -2.47. The van der Waals surface area contributed by atoms with Crippen LogP contribution in [0.2, 0.25) is 0 Å². The van der Waals surface area contributed by atoms with Crippen LogP contribution >= 0.6 is 0 Å². The molecule has 3 aromatic rings. The maximum Gasteiger partial charge on any atom is 0.231 e. The molecule has 1 fully saturated rings. The van der Waals surface area contributed by atoms with E-state index in [0.717, 1.165) is 43.0 Å². The maximum atomic E-state index is 10.3. The molecule has 6 rings (SSSR count). The normalized spacial score (nSPS) is 26.0. The number of ether oxygens (including phenoxy) is 2. The van der Waals surface area contributed by atoms with Crippen LogP contribution in [0, 0.1) is 5.92 Å². The van der Waals surface area contributed by atoms with Crippen molar-refractivity contribution in [1.29, 1.82) is 0 Å². The summed E-state index contributed by atoms with van der Waals surface area (Å²) in [6.07, 6.45) is 1.72. The smallest absolute Gasteiger partial charge is 0.231 e. The van der Waals surface area contributed by atoms with Crippen LogP contribution < -0.4 is 14.8 Å². The zero-order valence-electron chi connectivity index (χ0n) is 18.0. The molecule has 0 aliphatic carbocycles. The van der Waals surface area contributed by atoms with Gasteiger partial charge in [-0.2, -0.15) is 0 Å². The average Bonchev–Trinajstić information content (AvgIpc) is 3.41. The van der Waals surface area contributed by atoms with Crippen molar-refractivity contribution in [3.05, 3.63) is 47.7 Å². The van der Waals surface area contributed by atoms with Gasteiger partial charge in [-0.15, -0.1) is 0 Å². The number of aliphatic hydroxyl groups excluding tert-OH is 1. The minimum atomic E-state index is -0.305. The summed E-state index contributed by atoms with van der Waals surface area (Å²) in [5, 5.41) is 15.1. The van der Waals surface area contributed by atoms with Crippen molar-refractivity contribution in [2.75, 3.05) is 26.9 Å². The van der Waals surface area contributed by atoms with Gasteiger partial charge in [0.1, 0.15) is 0 Å². The fraction of sp³-hybridized carbons (Fsp3) is 0.440. The van der Waals surface area contributed by atoms with E-state index in [4.69, 9.17) is 9.47 Å². The maximum absolute atomic E-state index is 10.3. The number of rotatable bonds is 3. The highest BCUT2D eigenvalue weighted by atomic mass is 16.7. The van der Waals surface area contributed by atoms with Gasteiger partial charge in [0.05, 0.1) is 12.1 Å². The van der Waals surface area contributed by atoms with Crippen molar-refractivity contribution in [3.63, 3.8) is 0 Å². The number of aromatic amines is 1. The first-order valence-electron chi connectivity index (χ1n) is 11.3. The molecule has 0 radical (unpaired) electrons. The van der Waals surface area contributed by atoms with Crippen molar-refractivity contribution in [2.24, 2.45) is 5.92 Å². The van der Waals surface area contributed by atoms with Gasteiger partial charge >= 0.3 is 0 Å². The van der Waals surface area contributed by atoms with Gasteiger partial charge < -0.3 is 24.9 Å². The molecular formula is C25H29N3O3. The predicted octanol–water partition coefficient (Wildman–Crippen LogP) is 3.45. The van der Waals surface area contributed by atoms with Crippen molar-refractivity contribution in [3.8, 4) is 22.6 Å². The van der Waals surface area contributed by atoms with Crippen LogP contribution in [0.25, 0.3) is 22.0 Å². The second-order valence-electron chi connectivity index (χ2n) is 9.11. The lowest BCUT2D eigenvalue weighted by Crippen LogP contribution is -2.54. The summed E-state index contributed by atoms with van der Waals surface area (Å²) in [5.74, 6) is 1.89. The van der Waals surface area contributed by atoms with Crippen molar-refractivity contribution >= 4 is 10.9 Å². The molecule has 3 aliphatic heterocycles. The summed E-state index contributed by atoms with van der Waals surface area (Å²) in [5.41, 5.74) is 6.38. The zero-order chi connectivity index (χ0) is 21.1.